The number of rotatable bonds is 3. The summed E-state index contributed by atoms with van der Waals surface area (Å²) in [7, 11) is 1.95. The molecule has 0 aliphatic carbocycles. The fourth-order valence-corrected chi connectivity index (χ4v) is 2.57. The number of anilines is 1. The summed E-state index contributed by atoms with van der Waals surface area (Å²) in [4.78, 5) is 4.24. The lowest BCUT2D eigenvalue weighted by Gasteiger charge is -2.08. The molecule has 0 bridgehead atoms. The van der Waals surface area contributed by atoms with Crippen LogP contribution in [0.15, 0.2) is 16.7 Å². The van der Waals surface area contributed by atoms with E-state index in [0.717, 1.165) is 21.7 Å². The zero-order chi connectivity index (χ0) is 13.3. The van der Waals surface area contributed by atoms with Crippen LogP contribution in [0.2, 0.25) is 5.02 Å². The van der Waals surface area contributed by atoms with Gasteiger partial charge in [-0.1, -0.05) is 11.6 Å². The van der Waals surface area contributed by atoms with E-state index < -0.39 is 0 Å². The van der Waals surface area contributed by atoms with Crippen molar-refractivity contribution in [1.82, 2.24) is 14.8 Å². The number of halogens is 2. The number of pyridine rings is 1. The van der Waals surface area contributed by atoms with E-state index >= 15 is 0 Å². The lowest BCUT2D eigenvalue weighted by Crippen LogP contribution is -2.04. The van der Waals surface area contributed by atoms with Crippen molar-refractivity contribution in [2.75, 3.05) is 5.32 Å². The molecule has 0 amide bonds. The molecule has 2 rings (SSSR count). The van der Waals surface area contributed by atoms with Crippen LogP contribution in [0.25, 0.3) is 0 Å². The van der Waals surface area contributed by atoms with Crippen LogP contribution in [0.1, 0.15) is 17.0 Å². The first-order chi connectivity index (χ1) is 8.49. The lowest BCUT2D eigenvalue weighted by molar-refractivity contribution is 0.730. The van der Waals surface area contributed by atoms with E-state index in [0.29, 0.717) is 11.6 Å². The highest BCUT2D eigenvalue weighted by atomic mass is 79.9. The minimum absolute atomic E-state index is 0.612. The first-order valence-corrected chi connectivity index (χ1v) is 6.70. The molecule has 0 saturated heterocycles. The normalized spacial score (nSPS) is 10.7. The van der Waals surface area contributed by atoms with Gasteiger partial charge in [0, 0.05) is 31.0 Å². The van der Waals surface area contributed by atoms with Crippen LogP contribution in [0, 0.1) is 13.8 Å². The van der Waals surface area contributed by atoms with Gasteiger partial charge in [0.25, 0.3) is 0 Å². The SMILES string of the molecule is Cc1nn(C)c(C)c1CNc1ncc(Cl)cc1Br. The van der Waals surface area contributed by atoms with E-state index in [2.05, 4.69) is 38.3 Å². The van der Waals surface area contributed by atoms with Gasteiger partial charge < -0.3 is 5.32 Å². The van der Waals surface area contributed by atoms with Gasteiger partial charge >= 0.3 is 0 Å². The zero-order valence-corrected chi connectivity index (χ0v) is 12.8. The van der Waals surface area contributed by atoms with Crippen LogP contribution >= 0.6 is 27.5 Å². The van der Waals surface area contributed by atoms with Crippen LogP contribution in [-0.2, 0) is 13.6 Å². The molecule has 0 spiro atoms. The second-order valence-corrected chi connectivity index (χ2v) is 5.40. The summed E-state index contributed by atoms with van der Waals surface area (Å²) in [6.45, 7) is 4.76. The number of aryl methyl sites for hydroxylation is 2. The lowest BCUT2D eigenvalue weighted by atomic mass is 10.2. The molecule has 0 aliphatic heterocycles. The second-order valence-electron chi connectivity index (χ2n) is 4.11. The number of nitrogens with zero attached hydrogens (tertiary/aromatic N) is 3. The van der Waals surface area contributed by atoms with E-state index in [1.807, 2.05) is 24.7 Å². The Hall–Kier alpha value is -1.07. The average molecular weight is 330 g/mol. The third-order valence-corrected chi connectivity index (χ3v) is 3.71. The first kappa shape index (κ1) is 13.4. The molecule has 0 saturated carbocycles. The van der Waals surface area contributed by atoms with Crippen LogP contribution in [0.5, 0.6) is 0 Å². The maximum absolute atomic E-state index is 5.85. The Morgan fingerprint density at radius 2 is 2.17 bits per heavy atom. The van der Waals surface area contributed by atoms with Gasteiger partial charge in [-0.2, -0.15) is 5.10 Å². The summed E-state index contributed by atoms with van der Waals surface area (Å²) in [5, 5.41) is 8.28. The van der Waals surface area contributed by atoms with Gasteiger partial charge in [0.05, 0.1) is 15.2 Å². The van der Waals surface area contributed by atoms with E-state index in [4.69, 9.17) is 11.6 Å². The maximum Gasteiger partial charge on any atom is 0.140 e. The van der Waals surface area contributed by atoms with Crippen molar-refractivity contribution >= 4 is 33.3 Å². The third-order valence-electron chi connectivity index (χ3n) is 2.90. The highest BCUT2D eigenvalue weighted by molar-refractivity contribution is 9.10. The summed E-state index contributed by atoms with van der Waals surface area (Å²) in [6, 6.07) is 1.82. The predicted molar refractivity (Wildman–Crippen MR) is 77.0 cm³/mol. The van der Waals surface area contributed by atoms with Crippen LogP contribution < -0.4 is 5.32 Å². The molecule has 2 aromatic rings. The molecule has 4 nitrogen and oxygen atoms in total. The molecule has 2 heterocycles. The molecule has 96 valence electrons. The van der Waals surface area contributed by atoms with Crippen LogP contribution in [0.3, 0.4) is 0 Å². The predicted octanol–water partition coefficient (Wildman–Crippen LogP) is 3.46. The molecule has 0 fully saturated rings. The minimum atomic E-state index is 0.612. The van der Waals surface area contributed by atoms with E-state index in [9.17, 15) is 0 Å². The Morgan fingerprint density at radius 3 is 2.72 bits per heavy atom. The van der Waals surface area contributed by atoms with Crippen molar-refractivity contribution in [3.8, 4) is 0 Å². The molecule has 0 radical (unpaired) electrons. The summed E-state index contributed by atoms with van der Waals surface area (Å²) in [5.41, 5.74) is 3.39. The van der Waals surface area contributed by atoms with Crippen molar-refractivity contribution in [2.45, 2.75) is 20.4 Å². The van der Waals surface area contributed by atoms with Crippen molar-refractivity contribution in [3.05, 3.63) is 38.7 Å². The molecular formula is C12H14BrClN4. The second kappa shape index (κ2) is 5.28. The molecule has 2 aromatic heterocycles. The summed E-state index contributed by atoms with van der Waals surface area (Å²) >= 11 is 9.29. The Labute approximate surface area is 119 Å². The van der Waals surface area contributed by atoms with E-state index in [1.54, 1.807) is 6.20 Å². The Kier molecular flexibility index (Phi) is 3.92. The molecule has 1 N–H and O–H groups in total. The van der Waals surface area contributed by atoms with Gasteiger partial charge in [0.1, 0.15) is 5.82 Å². The summed E-state index contributed by atoms with van der Waals surface area (Å²) in [6.07, 6.45) is 1.62. The van der Waals surface area contributed by atoms with E-state index in [1.165, 1.54) is 5.56 Å². The van der Waals surface area contributed by atoms with Crippen molar-refractivity contribution in [3.63, 3.8) is 0 Å². The van der Waals surface area contributed by atoms with E-state index in [-0.39, 0.29) is 0 Å². The molecule has 6 heteroatoms. The number of nitrogens with one attached hydrogen (secondary N) is 1. The minimum Gasteiger partial charge on any atom is -0.365 e. The Balaban J connectivity index is 2.16. The topological polar surface area (TPSA) is 42.7 Å². The van der Waals surface area contributed by atoms with Crippen molar-refractivity contribution in [1.29, 1.82) is 0 Å². The Bertz CT molecular complexity index is 580. The van der Waals surface area contributed by atoms with Crippen molar-refractivity contribution in [2.24, 2.45) is 7.05 Å². The highest BCUT2D eigenvalue weighted by Gasteiger charge is 2.10. The molecular weight excluding hydrogens is 316 g/mol. The zero-order valence-electron chi connectivity index (χ0n) is 10.5. The fraction of sp³-hybridized carbons (Fsp3) is 0.333. The quantitative estimate of drug-likeness (QED) is 0.937. The standard InChI is InChI=1S/C12H14BrClN4/c1-7-10(8(2)18(3)17-7)6-16-12-11(13)4-9(14)5-15-12/h4-5H,6H2,1-3H3,(H,15,16). The Morgan fingerprint density at radius 1 is 1.44 bits per heavy atom. The monoisotopic (exact) mass is 328 g/mol. The van der Waals surface area contributed by atoms with Gasteiger partial charge in [-0.25, -0.2) is 4.98 Å². The highest BCUT2D eigenvalue weighted by Crippen LogP contribution is 2.24. The maximum atomic E-state index is 5.85. The number of aromatic nitrogens is 3. The largest absolute Gasteiger partial charge is 0.365 e. The first-order valence-electron chi connectivity index (χ1n) is 5.53. The fourth-order valence-electron chi connectivity index (χ4n) is 1.79. The van der Waals surface area contributed by atoms with Gasteiger partial charge in [-0.15, -0.1) is 0 Å². The summed E-state index contributed by atoms with van der Waals surface area (Å²) in [5.74, 6) is 0.780. The van der Waals surface area contributed by atoms with Gasteiger partial charge in [0.15, 0.2) is 0 Å². The van der Waals surface area contributed by atoms with Gasteiger partial charge in [-0.3, -0.25) is 4.68 Å². The van der Waals surface area contributed by atoms with Crippen LogP contribution in [-0.4, -0.2) is 14.8 Å². The summed E-state index contributed by atoms with van der Waals surface area (Å²) < 4.78 is 2.74. The third kappa shape index (κ3) is 2.67. The smallest absolute Gasteiger partial charge is 0.140 e. The van der Waals surface area contributed by atoms with Gasteiger partial charge in [0.2, 0.25) is 0 Å². The number of hydrogen-bond acceptors (Lipinski definition) is 3. The molecule has 18 heavy (non-hydrogen) atoms. The molecule has 0 aromatic carbocycles. The molecule has 0 atom stereocenters. The number of hydrogen-bond donors (Lipinski definition) is 1. The van der Waals surface area contributed by atoms with Crippen LogP contribution in [0.4, 0.5) is 5.82 Å². The average Bonchev–Trinajstić information content (AvgIpc) is 2.53. The molecule has 0 aliphatic rings. The van der Waals surface area contributed by atoms with Crippen molar-refractivity contribution < 1.29 is 0 Å². The van der Waals surface area contributed by atoms with Gasteiger partial charge in [-0.05, 0) is 35.8 Å². The molecule has 0 unspecified atom stereocenters.